The molecule has 0 aliphatic carbocycles. The first kappa shape index (κ1) is 24.0. The largest absolute Gasteiger partial charge is 0.456 e. The zero-order valence-electron chi connectivity index (χ0n) is 23.4. The summed E-state index contributed by atoms with van der Waals surface area (Å²) in [4.78, 5) is 0. The molecule has 8 aromatic carbocycles. The molecule has 0 spiro atoms. The molecule has 43 heavy (non-hydrogen) atoms. The van der Waals surface area contributed by atoms with E-state index < -0.39 is 0 Å². The topological polar surface area (TPSA) is 13.1 Å². The highest BCUT2D eigenvalue weighted by Gasteiger charge is 2.18. The number of para-hydroxylation sites is 1. The molecule has 0 saturated carbocycles. The first-order chi connectivity index (χ1) is 21.3. The maximum atomic E-state index is 6.19. The summed E-state index contributed by atoms with van der Waals surface area (Å²) in [6.45, 7) is 0. The fourth-order valence-electron chi connectivity index (χ4n) is 6.84. The third-order valence-corrected chi connectivity index (χ3v) is 8.83. The quantitative estimate of drug-likeness (QED) is 0.201. The number of furan rings is 1. The first-order valence-electron chi connectivity index (χ1n) is 14.8. The Hall–Kier alpha value is -5.66. The summed E-state index contributed by atoms with van der Waals surface area (Å²) >= 11 is 0. The van der Waals surface area contributed by atoms with Gasteiger partial charge in [-0.15, -0.1) is 0 Å². The van der Waals surface area contributed by atoms with Gasteiger partial charge in [0.05, 0.1) is 0 Å². The molecule has 0 N–H and O–H groups in total. The number of benzene rings is 8. The Morgan fingerprint density at radius 3 is 1.67 bits per heavy atom. The minimum atomic E-state index is 0.915. The van der Waals surface area contributed by atoms with Crippen molar-refractivity contribution in [2.75, 3.05) is 0 Å². The molecule has 1 aromatic heterocycles. The van der Waals surface area contributed by atoms with Crippen molar-refractivity contribution in [3.05, 3.63) is 158 Å². The number of hydrogen-bond donors (Lipinski definition) is 0. The van der Waals surface area contributed by atoms with Crippen LogP contribution in [0.25, 0.3) is 87.6 Å². The third kappa shape index (κ3) is 3.79. The average Bonchev–Trinajstić information content (AvgIpc) is 3.45. The molecule has 0 bridgehead atoms. The van der Waals surface area contributed by atoms with Gasteiger partial charge in [0, 0.05) is 10.8 Å². The van der Waals surface area contributed by atoms with Crippen molar-refractivity contribution < 1.29 is 4.42 Å². The molecule has 1 heteroatoms. The van der Waals surface area contributed by atoms with E-state index >= 15 is 0 Å². The lowest BCUT2D eigenvalue weighted by molar-refractivity contribution is 0.669. The summed E-state index contributed by atoms with van der Waals surface area (Å²) in [7, 11) is 0. The van der Waals surface area contributed by atoms with E-state index in [4.69, 9.17) is 4.42 Å². The van der Waals surface area contributed by atoms with Gasteiger partial charge in [-0.25, -0.2) is 0 Å². The van der Waals surface area contributed by atoms with Gasteiger partial charge in [-0.2, -0.15) is 0 Å². The van der Waals surface area contributed by atoms with Crippen molar-refractivity contribution in [1.29, 1.82) is 0 Å². The van der Waals surface area contributed by atoms with E-state index in [0.29, 0.717) is 0 Å². The van der Waals surface area contributed by atoms with Crippen LogP contribution in [0.4, 0.5) is 0 Å². The lowest BCUT2D eigenvalue weighted by Gasteiger charge is -2.19. The van der Waals surface area contributed by atoms with Gasteiger partial charge >= 0.3 is 0 Å². The molecule has 9 rings (SSSR count). The van der Waals surface area contributed by atoms with Crippen molar-refractivity contribution in [3.8, 4) is 33.4 Å². The van der Waals surface area contributed by atoms with Crippen molar-refractivity contribution in [2.45, 2.75) is 0 Å². The molecular weight excluding hydrogens is 520 g/mol. The highest BCUT2D eigenvalue weighted by Crippen LogP contribution is 2.45. The van der Waals surface area contributed by atoms with E-state index in [1.807, 2.05) is 12.1 Å². The lowest BCUT2D eigenvalue weighted by atomic mass is 9.84. The van der Waals surface area contributed by atoms with Crippen LogP contribution in [-0.2, 0) is 0 Å². The Morgan fingerprint density at radius 2 is 0.837 bits per heavy atom. The summed E-state index contributed by atoms with van der Waals surface area (Å²) in [5, 5.41) is 9.80. The summed E-state index contributed by atoms with van der Waals surface area (Å²) in [6.07, 6.45) is 0. The summed E-state index contributed by atoms with van der Waals surface area (Å²) in [5.41, 5.74) is 9.21. The number of hydrogen-bond acceptors (Lipinski definition) is 1. The molecule has 200 valence electrons. The Morgan fingerprint density at radius 1 is 0.279 bits per heavy atom. The van der Waals surface area contributed by atoms with Crippen LogP contribution in [0.15, 0.2) is 162 Å². The van der Waals surface area contributed by atoms with E-state index in [0.717, 1.165) is 21.9 Å². The van der Waals surface area contributed by atoms with E-state index in [2.05, 4.69) is 146 Å². The van der Waals surface area contributed by atoms with Crippen LogP contribution in [0.1, 0.15) is 0 Å². The van der Waals surface area contributed by atoms with Gasteiger partial charge in [0.2, 0.25) is 0 Å². The molecule has 0 amide bonds. The van der Waals surface area contributed by atoms with Crippen LogP contribution in [0.2, 0.25) is 0 Å². The van der Waals surface area contributed by atoms with Gasteiger partial charge in [-0.1, -0.05) is 127 Å². The van der Waals surface area contributed by atoms with Crippen LogP contribution in [-0.4, -0.2) is 0 Å². The highest BCUT2D eigenvalue weighted by molar-refractivity contribution is 6.22. The highest BCUT2D eigenvalue weighted by atomic mass is 16.3. The fraction of sp³-hybridized carbons (Fsp3) is 0. The van der Waals surface area contributed by atoms with E-state index in [1.165, 1.54) is 65.7 Å². The molecule has 0 fully saturated rings. The summed E-state index contributed by atoms with van der Waals surface area (Å²) in [5.74, 6) is 0. The van der Waals surface area contributed by atoms with Gasteiger partial charge in [-0.3, -0.25) is 0 Å². The zero-order chi connectivity index (χ0) is 28.3. The minimum Gasteiger partial charge on any atom is -0.456 e. The predicted octanol–water partition coefficient (Wildman–Crippen LogP) is 12.0. The normalized spacial score (nSPS) is 11.7. The molecule has 0 saturated heterocycles. The lowest BCUT2D eigenvalue weighted by Crippen LogP contribution is -1.91. The molecule has 0 unspecified atom stereocenters. The summed E-state index contributed by atoms with van der Waals surface area (Å²) < 4.78 is 6.19. The molecule has 0 aliphatic heterocycles. The van der Waals surface area contributed by atoms with Gasteiger partial charge in [0.25, 0.3) is 0 Å². The second-order valence-corrected chi connectivity index (χ2v) is 11.3. The molecule has 1 heterocycles. The maximum absolute atomic E-state index is 6.19. The Balaban J connectivity index is 1.38. The van der Waals surface area contributed by atoms with Gasteiger partial charge in [0.15, 0.2) is 0 Å². The molecular formula is C42H26O. The van der Waals surface area contributed by atoms with Crippen molar-refractivity contribution in [3.63, 3.8) is 0 Å². The molecule has 0 atom stereocenters. The zero-order valence-corrected chi connectivity index (χ0v) is 23.4. The standard InChI is InChI=1S/C42H26O/c1-2-11-28(12-3-1)41-34-15-6-7-16-35(34)42(32-21-23-40-37(26-32)33-14-8-9-17-39(33)43-40)36-22-20-31(25-38(36)41)30-19-18-27-10-4-5-13-29(27)24-30/h1-26H. The van der Waals surface area contributed by atoms with Gasteiger partial charge < -0.3 is 4.42 Å². The van der Waals surface area contributed by atoms with Crippen LogP contribution >= 0.6 is 0 Å². The molecule has 0 aliphatic rings. The fourth-order valence-corrected chi connectivity index (χ4v) is 6.84. The van der Waals surface area contributed by atoms with Crippen molar-refractivity contribution in [1.82, 2.24) is 0 Å². The number of fused-ring (bicyclic) bond motifs is 6. The minimum absolute atomic E-state index is 0.915. The van der Waals surface area contributed by atoms with Crippen molar-refractivity contribution in [2.24, 2.45) is 0 Å². The monoisotopic (exact) mass is 546 g/mol. The summed E-state index contributed by atoms with van der Waals surface area (Å²) in [6, 6.07) is 57.0. The van der Waals surface area contributed by atoms with E-state index in [1.54, 1.807) is 0 Å². The van der Waals surface area contributed by atoms with Crippen LogP contribution in [0, 0.1) is 0 Å². The first-order valence-corrected chi connectivity index (χ1v) is 14.8. The molecule has 0 radical (unpaired) electrons. The Bertz CT molecular complexity index is 2500. The smallest absolute Gasteiger partial charge is 0.135 e. The third-order valence-electron chi connectivity index (χ3n) is 8.83. The van der Waals surface area contributed by atoms with Crippen LogP contribution < -0.4 is 0 Å². The van der Waals surface area contributed by atoms with Crippen LogP contribution in [0.3, 0.4) is 0 Å². The predicted molar refractivity (Wildman–Crippen MR) is 183 cm³/mol. The molecule has 9 aromatic rings. The maximum Gasteiger partial charge on any atom is 0.135 e. The van der Waals surface area contributed by atoms with Gasteiger partial charge in [0.1, 0.15) is 11.2 Å². The van der Waals surface area contributed by atoms with E-state index in [9.17, 15) is 0 Å². The van der Waals surface area contributed by atoms with E-state index in [-0.39, 0.29) is 0 Å². The second kappa shape index (κ2) is 9.44. The average molecular weight is 547 g/mol. The Kier molecular flexibility index (Phi) is 5.27. The Labute approximate surface area is 249 Å². The van der Waals surface area contributed by atoms with Crippen molar-refractivity contribution >= 4 is 54.3 Å². The van der Waals surface area contributed by atoms with Gasteiger partial charge in [-0.05, 0) is 96.0 Å². The van der Waals surface area contributed by atoms with Crippen LogP contribution in [0.5, 0.6) is 0 Å². The SMILES string of the molecule is c1ccc(-c2c3ccccc3c(-c3ccc4oc5ccccc5c4c3)c3ccc(-c4ccc5ccccc5c4)cc23)cc1. The second-order valence-electron chi connectivity index (χ2n) is 11.3. The molecule has 1 nitrogen and oxygen atoms in total. The number of rotatable bonds is 3.